The molecule has 98 valence electrons. The van der Waals surface area contributed by atoms with E-state index in [1.165, 1.54) is 0 Å². The van der Waals surface area contributed by atoms with Crippen molar-refractivity contribution >= 4 is 5.96 Å². The molecule has 1 unspecified atom stereocenters. The molecule has 0 aromatic heterocycles. The van der Waals surface area contributed by atoms with Gasteiger partial charge in [0.25, 0.3) is 0 Å². The zero-order valence-corrected chi connectivity index (χ0v) is 10.9. The maximum Gasteiger partial charge on any atom is 0.188 e. The lowest BCUT2D eigenvalue weighted by atomic mass is 10.2. The first-order valence-electron chi connectivity index (χ1n) is 6.09. The van der Waals surface area contributed by atoms with Gasteiger partial charge in [0.05, 0.1) is 19.8 Å². The molecule has 5 nitrogen and oxygen atoms in total. The van der Waals surface area contributed by atoms with Gasteiger partial charge in [-0.15, -0.1) is 0 Å². The lowest BCUT2D eigenvalue weighted by Crippen LogP contribution is -2.47. The third-order valence-electron chi connectivity index (χ3n) is 2.73. The third kappa shape index (κ3) is 5.70. The van der Waals surface area contributed by atoms with Crippen LogP contribution in [-0.2, 0) is 4.74 Å². The fourth-order valence-electron chi connectivity index (χ4n) is 1.70. The first-order valence-corrected chi connectivity index (χ1v) is 6.09. The number of rotatable bonds is 5. The van der Waals surface area contributed by atoms with Crippen LogP contribution in [0.1, 0.15) is 13.8 Å². The van der Waals surface area contributed by atoms with Crippen molar-refractivity contribution in [2.45, 2.75) is 19.9 Å². The van der Waals surface area contributed by atoms with Crippen molar-refractivity contribution in [3.63, 3.8) is 0 Å². The molecule has 0 radical (unpaired) electrons. The molecular formula is C12H24N4O. The van der Waals surface area contributed by atoms with E-state index < -0.39 is 0 Å². The number of nitrogens with two attached hydrogens (primary N) is 1. The summed E-state index contributed by atoms with van der Waals surface area (Å²) < 4.78 is 5.38. The summed E-state index contributed by atoms with van der Waals surface area (Å²) >= 11 is 0. The smallest absolute Gasteiger partial charge is 0.188 e. The van der Waals surface area contributed by atoms with Gasteiger partial charge in [-0.05, 0) is 13.8 Å². The summed E-state index contributed by atoms with van der Waals surface area (Å²) in [6.07, 6.45) is 0. The summed E-state index contributed by atoms with van der Waals surface area (Å²) in [4.78, 5) is 6.56. The van der Waals surface area contributed by atoms with Crippen LogP contribution in [0, 0.1) is 0 Å². The van der Waals surface area contributed by atoms with Crippen LogP contribution in [0.15, 0.2) is 17.1 Å². The standard InChI is InChI=1S/C12H24N4O/c1-10(2)8-15-12(13)14-4-5-16-6-7-17-9-11(16)3/h11H,1,4-9H2,2-3H3,(H3,13,14,15). The molecule has 0 bridgehead atoms. The van der Waals surface area contributed by atoms with Crippen molar-refractivity contribution < 1.29 is 4.74 Å². The Morgan fingerprint density at radius 3 is 3.06 bits per heavy atom. The van der Waals surface area contributed by atoms with Gasteiger partial charge in [-0.3, -0.25) is 4.90 Å². The number of morpholine rings is 1. The second kappa shape index (κ2) is 7.29. The topological polar surface area (TPSA) is 62.9 Å². The molecule has 0 aromatic carbocycles. The lowest BCUT2D eigenvalue weighted by molar-refractivity contribution is 0.000893. The van der Waals surface area contributed by atoms with Gasteiger partial charge in [0.1, 0.15) is 0 Å². The average Bonchev–Trinajstić information content (AvgIpc) is 2.29. The molecule has 1 fully saturated rings. The number of aliphatic imine (C=N–C) groups is 1. The predicted molar refractivity (Wildman–Crippen MR) is 71.2 cm³/mol. The summed E-state index contributed by atoms with van der Waals surface area (Å²) in [6.45, 7) is 12.9. The minimum atomic E-state index is 0.485. The minimum Gasteiger partial charge on any atom is -0.379 e. The minimum absolute atomic E-state index is 0.485. The molecule has 1 aliphatic heterocycles. The first kappa shape index (κ1) is 14.0. The lowest BCUT2D eigenvalue weighted by Gasteiger charge is -2.33. The molecule has 1 saturated heterocycles. The Balaban J connectivity index is 2.18. The van der Waals surface area contributed by atoms with Gasteiger partial charge >= 0.3 is 0 Å². The van der Waals surface area contributed by atoms with Gasteiger partial charge in [-0.1, -0.05) is 12.2 Å². The normalized spacial score (nSPS) is 22.5. The highest BCUT2D eigenvalue weighted by molar-refractivity contribution is 5.77. The molecule has 3 N–H and O–H groups in total. The number of guanidine groups is 1. The summed E-state index contributed by atoms with van der Waals surface area (Å²) in [5, 5.41) is 3.11. The third-order valence-corrected chi connectivity index (χ3v) is 2.73. The monoisotopic (exact) mass is 240 g/mol. The van der Waals surface area contributed by atoms with E-state index in [0.29, 0.717) is 18.5 Å². The Bertz CT molecular complexity index is 278. The maximum atomic E-state index is 5.73. The van der Waals surface area contributed by atoms with Crippen LogP contribution >= 0.6 is 0 Å². The fraction of sp³-hybridized carbons (Fsp3) is 0.750. The van der Waals surface area contributed by atoms with Gasteiger partial charge in [0, 0.05) is 25.7 Å². The molecular weight excluding hydrogens is 216 g/mol. The van der Waals surface area contributed by atoms with Gasteiger partial charge in [-0.25, -0.2) is 4.99 Å². The van der Waals surface area contributed by atoms with Crippen molar-refractivity contribution in [1.82, 2.24) is 10.2 Å². The summed E-state index contributed by atoms with van der Waals surface area (Å²) in [6, 6.07) is 0.485. The van der Waals surface area contributed by atoms with E-state index >= 15 is 0 Å². The second-order valence-corrected chi connectivity index (χ2v) is 4.55. The van der Waals surface area contributed by atoms with Crippen molar-refractivity contribution in [3.05, 3.63) is 12.2 Å². The molecule has 1 heterocycles. The van der Waals surface area contributed by atoms with Crippen LogP contribution in [0.3, 0.4) is 0 Å². The van der Waals surface area contributed by atoms with Crippen molar-refractivity contribution in [2.24, 2.45) is 10.7 Å². The molecule has 0 aliphatic carbocycles. The zero-order chi connectivity index (χ0) is 12.7. The summed E-state index contributed by atoms with van der Waals surface area (Å²) in [7, 11) is 0. The Hall–Kier alpha value is -1.07. The molecule has 1 rings (SSSR count). The number of nitrogens with one attached hydrogen (secondary N) is 1. The number of nitrogens with zero attached hydrogens (tertiary/aromatic N) is 2. The van der Waals surface area contributed by atoms with Gasteiger partial charge in [0.2, 0.25) is 0 Å². The Kier molecular flexibility index (Phi) is 6.00. The molecule has 0 amide bonds. The SMILES string of the molecule is C=C(C)CN=C(N)NCCN1CCOCC1C. The maximum absolute atomic E-state index is 5.73. The predicted octanol–water partition coefficient (Wildman–Crippen LogP) is 0.188. The van der Waals surface area contributed by atoms with E-state index in [9.17, 15) is 0 Å². The molecule has 1 atom stereocenters. The van der Waals surface area contributed by atoms with Crippen LogP contribution in [-0.4, -0.2) is 56.3 Å². The first-order chi connectivity index (χ1) is 8.09. The largest absolute Gasteiger partial charge is 0.379 e. The Labute approximate surface area is 104 Å². The van der Waals surface area contributed by atoms with E-state index in [-0.39, 0.29) is 0 Å². The quantitative estimate of drug-likeness (QED) is 0.409. The zero-order valence-electron chi connectivity index (χ0n) is 10.9. The van der Waals surface area contributed by atoms with Gasteiger partial charge in [0.15, 0.2) is 5.96 Å². The molecule has 0 saturated carbocycles. The summed E-state index contributed by atoms with van der Waals surface area (Å²) in [5.74, 6) is 0.494. The Morgan fingerprint density at radius 2 is 2.41 bits per heavy atom. The van der Waals surface area contributed by atoms with E-state index in [2.05, 4.69) is 28.7 Å². The van der Waals surface area contributed by atoms with Crippen LogP contribution in [0.25, 0.3) is 0 Å². The van der Waals surface area contributed by atoms with Crippen LogP contribution in [0.2, 0.25) is 0 Å². The number of hydrogen-bond donors (Lipinski definition) is 2. The van der Waals surface area contributed by atoms with Crippen molar-refractivity contribution in [1.29, 1.82) is 0 Å². The highest BCUT2D eigenvalue weighted by Gasteiger charge is 2.17. The van der Waals surface area contributed by atoms with Gasteiger partial charge in [-0.2, -0.15) is 0 Å². The Morgan fingerprint density at radius 1 is 1.65 bits per heavy atom. The summed E-state index contributed by atoms with van der Waals surface area (Å²) in [5.41, 5.74) is 6.74. The molecule has 5 heteroatoms. The molecule has 0 spiro atoms. The van der Waals surface area contributed by atoms with Crippen LogP contribution < -0.4 is 11.1 Å². The fourth-order valence-corrected chi connectivity index (χ4v) is 1.70. The molecule has 0 aromatic rings. The van der Waals surface area contributed by atoms with Crippen LogP contribution in [0.5, 0.6) is 0 Å². The van der Waals surface area contributed by atoms with Crippen molar-refractivity contribution in [2.75, 3.05) is 39.4 Å². The van der Waals surface area contributed by atoms with E-state index in [1.807, 2.05) is 6.92 Å². The average molecular weight is 240 g/mol. The van der Waals surface area contributed by atoms with Crippen molar-refractivity contribution in [3.8, 4) is 0 Å². The number of hydrogen-bond acceptors (Lipinski definition) is 3. The second-order valence-electron chi connectivity index (χ2n) is 4.55. The molecule has 1 aliphatic rings. The van der Waals surface area contributed by atoms with Crippen LogP contribution in [0.4, 0.5) is 0 Å². The van der Waals surface area contributed by atoms with E-state index in [4.69, 9.17) is 10.5 Å². The van der Waals surface area contributed by atoms with Gasteiger partial charge < -0.3 is 15.8 Å². The highest BCUT2D eigenvalue weighted by Crippen LogP contribution is 2.04. The highest BCUT2D eigenvalue weighted by atomic mass is 16.5. The molecule has 17 heavy (non-hydrogen) atoms. The van der Waals surface area contributed by atoms with E-state index in [0.717, 1.165) is 38.4 Å². The number of ether oxygens (including phenoxy) is 1. The van der Waals surface area contributed by atoms with E-state index in [1.54, 1.807) is 0 Å².